The first-order valence-electron chi connectivity index (χ1n) is 8.53. The van der Waals surface area contributed by atoms with Crippen molar-refractivity contribution in [1.29, 1.82) is 0 Å². The summed E-state index contributed by atoms with van der Waals surface area (Å²) < 4.78 is 18.6. The first-order valence-corrected chi connectivity index (χ1v) is 8.53. The number of aryl methyl sites for hydroxylation is 1. The SMILES string of the molecule is COC(=O)[C@H]1Cc2ccccc2C[NH+]1CC(=O)Nc1ccc(C)c(F)c1. The van der Waals surface area contributed by atoms with Crippen molar-refractivity contribution >= 4 is 17.6 Å². The number of halogens is 1. The highest BCUT2D eigenvalue weighted by molar-refractivity contribution is 5.91. The average molecular weight is 357 g/mol. The van der Waals surface area contributed by atoms with Gasteiger partial charge < -0.3 is 15.0 Å². The lowest BCUT2D eigenvalue weighted by molar-refractivity contribution is -0.924. The third-order valence-electron chi connectivity index (χ3n) is 4.78. The molecular weight excluding hydrogens is 335 g/mol. The van der Waals surface area contributed by atoms with Gasteiger partial charge in [-0.15, -0.1) is 0 Å². The number of fused-ring (bicyclic) bond motifs is 1. The maximum absolute atomic E-state index is 13.6. The molecule has 136 valence electrons. The number of amides is 1. The zero-order chi connectivity index (χ0) is 18.7. The van der Waals surface area contributed by atoms with Crippen molar-refractivity contribution in [2.75, 3.05) is 19.0 Å². The minimum absolute atomic E-state index is 0.101. The van der Waals surface area contributed by atoms with Crippen LogP contribution in [0.5, 0.6) is 0 Å². The van der Waals surface area contributed by atoms with Crippen LogP contribution in [0.25, 0.3) is 0 Å². The van der Waals surface area contributed by atoms with Crippen molar-refractivity contribution in [3.05, 3.63) is 65.0 Å². The van der Waals surface area contributed by atoms with Gasteiger partial charge in [-0.1, -0.05) is 30.3 Å². The molecule has 2 aromatic carbocycles. The Morgan fingerprint density at radius 3 is 2.65 bits per heavy atom. The fourth-order valence-corrected chi connectivity index (χ4v) is 3.32. The van der Waals surface area contributed by atoms with Crippen molar-refractivity contribution in [2.45, 2.75) is 25.9 Å². The van der Waals surface area contributed by atoms with Crippen LogP contribution < -0.4 is 10.2 Å². The van der Waals surface area contributed by atoms with E-state index in [-0.39, 0.29) is 24.2 Å². The van der Waals surface area contributed by atoms with Crippen LogP contribution in [0.2, 0.25) is 0 Å². The van der Waals surface area contributed by atoms with E-state index >= 15 is 0 Å². The lowest BCUT2D eigenvalue weighted by Gasteiger charge is -2.31. The number of methoxy groups -OCH3 is 1. The topological polar surface area (TPSA) is 59.8 Å². The zero-order valence-corrected chi connectivity index (χ0v) is 14.8. The number of benzene rings is 2. The number of rotatable bonds is 4. The number of esters is 1. The van der Waals surface area contributed by atoms with Gasteiger partial charge in [0.1, 0.15) is 12.4 Å². The lowest BCUT2D eigenvalue weighted by atomic mass is 9.94. The maximum Gasteiger partial charge on any atom is 0.365 e. The Hall–Kier alpha value is -2.73. The third kappa shape index (κ3) is 3.91. The minimum Gasteiger partial charge on any atom is -0.465 e. The van der Waals surface area contributed by atoms with Gasteiger partial charge in [0, 0.05) is 17.7 Å². The lowest BCUT2D eigenvalue weighted by Crippen LogP contribution is -3.17. The van der Waals surface area contributed by atoms with Crippen LogP contribution in [0.4, 0.5) is 10.1 Å². The summed E-state index contributed by atoms with van der Waals surface area (Å²) in [5.41, 5.74) is 3.15. The fraction of sp³-hybridized carbons (Fsp3) is 0.300. The van der Waals surface area contributed by atoms with Gasteiger partial charge in [0.25, 0.3) is 5.91 Å². The second kappa shape index (κ2) is 7.66. The van der Waals surface area contributed by atoms with Gasteiger partial charge in [-0.3, -0.25) is 4.79 Å². The molecule has 0 bridgehead atoms. The van der Waals surface area contributed by atoms with Crippen molar-refractivity contribution in [3.8, 4) is 0 Å². The van der Waals surface area contributed by atoms with E-state index in [4.69, 9.17) is 4.74 Å². The quantitative estimate of drug-likeness (QED) is 0.810. The minimum atomic E-state index is -0.435. The van der Waals surface area contributed by atoms with Gasteiger partial charge in [0.05, 0.1) is 7.11 Å². The average Bonchev–Trinajstić information content (AvgIpc) is 2.63. The molecule has 1 unspecified atom stereocenters. The van der Waals surface area contributed by atoms with Gasteiger partial charge in [0.2, 0.25) is 0 Å². The number of anilines is 1. The molecule has 0 spiro atoms. The molecular formula is C20H22FN2O3+. The van der Waals surface area contributed by atoms with Gasteiger partial charge in [-0.05, 0) is 30.2 Å². The van der Waals surface area contributed by atoms with Crippen LogP contribution >= 0.6 is 0 Å². The largest absolute Gasteiger partial charge is 0.465 e. The molecule has 5 nitrogen and oxygen atoms in total. The second-order valence-electron chi connectivity index (χ2n) is 6.57. The molecule has 3 rings (SSSR count). The van der Waals surface area contributed by atoms with Crippen LogP contribution in [0.1, 0.15) is 16.7 Å². The van der Waals surface area contributed by atoms with Crippen LogP contribution in [0, 0.1) is 12.7 Å². The molecule has 0 aromatic heterocycles. The van der Waals surface area contributed by atoms with Crippen LogP contribution in [-0.2, 0) is 27.3 Å². The van der Waals surface area contributed by atoms with Gasteiger partial charge in [-0.2, -0.15) is 0 Å². The van der Waals surface area contributed by atoms with E-state index in [1.165, 1.54) is 13.2 Å². The molecule has 2 N–H and O–H groups in total. The molecule has 2 aromatic rings. The molecule has 0 fully saturated rings. The molecule has 1 heterocycles. The number of quaternary nitrogens is 1. The van der Waals surface area contributed by atoms with E-state index in [9.17, 15) is 14.0 Å². The number of ether oxygens (including phenoxy) is 1. The molecule has 0 aliphatic carbocycles. The Morgan fingerprint density at radius 2 is 1.96 bits per heavy atom. The summed E-state index contributed by atoms with van der Waals surface area (Å²) in [4.78, 5) is 25.4. The highest BCUT2D eigenvalue weighted by Gasteiger charge is 2.37. The predicted octanol–water partition coefficient (Wildman–Crippen LogP) is 1.26. The van der Waals surface area contributed by atoms with Crippen molar-refractivity contribution in [3.63, 3.8) is 0 Å². The Bertz CT molecular complexity index is 838. The van der Waals surface area contributed by atoms with Crippen LogP contribution in [0.15, 0.2) is 42.5 Å². The molecule has 2 atom stereocenters. The van der Waals surface area contributed by atoms with E-state index in [1.54, 1.807) is 19.1 Å². The van der Waals surface area contributed by atoms with Crippen molar-refractivity contribution < 1.29 is 23.6 Å². The molecule has 0 saturated heterocycles. The maximum atomic E-state index is 13.6. The van der Waals surface area contributed by atoms with E-state index in [0.717, 1.165) is 16.0 Å². The molecule has 6 heteroatoms. The van der Waals surface area contributed by atoms with Gasteiger partial charge >= 0.3 is 5.97 Å². The molecule has 26 heavy (non-hydrogen) atoms. The number of carbonyl (C=O) groups is 2. The zero-order valence-electron chi connectivity index (χ0n) is 14.8. The molecule has 0 saturated carbocycles. The fourth-order valence-electron chi connectivity index (χ4n) is 3.32. The summed E-state index contributed by atoms with van der Waals surface area (Å²) in [5.74, 6) is -0.963. The molecule has 1 aliphatic heterocycles. The van der Waals surface area contributed by atoms with Gasteiger partial charge in [0.15, 0.2) is 12.6 Å². The Morgan fingerprint density at radius 1 is 1.23 bits per heavy atom. The van der Waals surface area contributed by atoms with Crippen molar-refractivity contribution in [1.82, 2.24) is 0 Å². The normalized spacial score (nSPS) is 18.7. The second-order valence-corrected chi connectivity index (χ2v) is 6.57. The first kappa shape index (κ1) is 18.1. The van der Waals surface area contributed by atoms with Crippen LogP contribution in [0.3, 0.4) is 0 Å². The summed E-state index contributed by atoms with van der Waals surface area (Å²) in [6.07, 6.45) is 0.532. The predicted molar refractivity (Wildman–Crippen MR) is 95.3 cm³/mol. The Kier molecular flexibility index (Phi) is 5.32. The monoisotopic (exact) mass is 357 g/mol. The summed E-state index contributed by atoms with van der Waals surface area (Å²) in [5, 5.41) is 2.71. The van der Waals surface area contributed by atoms with Crippen LogP contribution in [-0.4, -0.2) is 31.6 Å². The summed E-state index contributed by atoms with van der Waals surface area (Å²) in [6, 6.07) is 12.0. The molecule has 1 amide bonds. The Labute approximate surface area is 151 Å². The smallest absolute Gasteiger partial charge is 0.365 e. The van der Waals surface area contributed by atoms with E-state index in [1.807, 2.05) is 24.3 Å². The summed E-state index contributed by atoms with van der Waals surface area (Å²) in [7, 11) is 1.36. The van der Waals surface area contributed by atoms with E-state index in [2.05, 4.69) is 5.32 Å². The third-order valence-corrected chi connectivity index (χ3v) is 4.78. The Balaban J connectivity index is 1.74. The number of carbonyl (C=O) groups excluding carboxylic acids is 2. The van der Waals surface area contributed by atoms with Gasteiger partial charge in [-0.25, -0.2) is 9.18 Å². The highest BCUT2D eigenvalue weighted by atomic mass is 19.1. The van der Waals surface area contributed by atoms with E-state index < -0.39 is 6.04 Å². The highest BCUT2D eigenvalue weighted by Crippen LogP contribution is 2.15. The molecule has 1 aliphatic rings. The van der Waals surface area contributed by atoms with E-state index in [0.29, 0.717) is 24.2 Å². The number of hydrogen-bond acceptors (Lipinski definition) is 3. The number of hydrogen-bond donors (Lipinski definition) is 2. The number of nitrogens with one attached hydrogen (secondary N) is 2. The standard InChI is InChI=1S/C20H21FN2O3/c1-13-7-8-16(10-17(13)21)22-19(24)12-23-11-15-6-4-3-5-14(15)9-18(23)20(25)26-2/h3-8,10,18H,9,11-12H2,1-2H3,(H,22,24)/p+1/t18-/m1/s1. The summed E-state index contributed by atoms with van der Waals surface area (Å²) >= 11 is 0. The van der Waals surface area contributed by atoms with Crippen molar-refractivity contribution in [2.24, 2.45) is 0 Å². The summed E-state index contributed by atoms with van der Waals surface area (Å²) in [6.45, 7) is 2.33. The first-order chi connectivity index (χ1) is 12.5. The molecule has 0 radical (unpaired) electrons.